The molecule has 1 aliphatic carbocycles. The average molecular weight is 367 g/mol. The SMILES string of the molecule is O=C(O)CCCCCNCC(=O)OCC1c2ccccc2-c2ccccc21. The number of benzene rings is 2. The molecular formula is C22H25NO4. The number of ether oxygens (including phenoxy) is 1. The van der Waals surface area contributed by atoms with Crippen molar-refractivity contribution in [2.75, 3.05) is 19.7 Å². The van der Waals surface area contributed by atoms with E-state index in [2.05, 4.69) is 29.6 Å². The normalized spacial score (nSPS) is 12.4. The van der Waals surface area contributed by atoms with E-state index in [0.717, 1.165) is 12.8 Å². The lowest BCUT2D eigenvalue weighted by Crippen LogP contribution is -2.26. The minimum atomic E-state index is -0.762. The molecule has 2 aromatic carbocycles. The van der Waals surface area contributed by atoms with E-state index in [4.69, 9.17) is 9.84 Å². The van der Waals surface area contributed by atoms with Crippen molar-refractivity contribution in [2.24, 2.45) is 0 Å². The third kappa shape index (κ3) is 4.95. The summed E-state index contributed by atoms with van der Waals surface area (Å²) in [6.45, 7) is 1.20. The summed E-state index contributed by atoms with van der Waals surface area (Å²) < 4.78 is 5.52. The summed E-state index contributed by atoms with van der Waals surface area (Å²) in [5.74, 6) is -0.943. The van der Waals surface area contributed by atoms with E-state index < -0.39 is 5.97 Å². The number of aliphatic carboxylic acids is 1. The second-order valence-electron chi connectivity index (χ2n) is 6.79. The van der Waals surface area contributed by atoms with Crippen LogP contribution in [0.2, 0.25) is 0 Å². The standard InChI is InChI=1S/C22H25NO4/c24-21(25)12-2-1-7-13-23-14-22(26)27-15-20-18-10-5-3-8-16(18)17-9-4-6-11-19(17)20/h3-6,8-11,20,23H,1-2,7,12-15H2,(H,24,25). The number of nitrogens with one attached hydrogen (secondary N) is 1. The molecule has 0 aromatic heterocycles. The Morgan fingerprint density at radius 1 is 0.926 bits per heavy atom. The Bertz CT molecular complexity index is 757. The monoisotopic (exact) mass is 367 g/mol. The van der Waals surface area contributed by atoms with Crippen molar-refractivity contribution < 1.29 is 19.4 Å². The van der Waals surface area contributed by atoms with Gasteiger partial charge in [-0.1, -0.05) is 55.0 Å². The van der Waals surface area contributed by atoms with Crippen molar-refractivity contribution in [2.45, 2.75) is 31.6 Å². The van der Waals surface area contributed by atoms with Gasteiger partial charge in [-0.3, -0.25) is 9.59 Å². The lowest BCUT2D eigenvalue weighted by molar-refractivity contribution is -0.142. The van der Waals surface area contributed by atoms with E-state index in [0.29, 0.717) is 19.6 Å². The van der Waals surface area contributed by atoms with Gasteiger partial charge in [-0.2, -0.15) is 0 Å². The van der Waals surface area contributed by atoms with E-state index in [1.165, 1.54) is 22.3 Å². The largest absolute Gasteiger partial charge is 0.481 e. The molecule has 5 heteroatoms. The Balaban J connectivity index is 1.44. The second kappa shape index (κ2) is 9.33. The number of carbonyl (C=O) groups is 2. The fourth-order valence-corrected chi connectivity index (χ4v) is 3.56. The fourth-order valence-electron chi connectivity index (χ4n) is 3.56. The molecule has 142 valence electrons. The summed E-state index contributed by atoms with van der Waals surface area (Å²) >= 11 is 0. The van der Waals surface area contributed by atoms with Gasteiger partial charge in [0.05, 0.1) is 6.54 Å². The molecule has 1 aliphatic rings. The minimum Gasteiger partial charge on any atom is -0.481 e. The molecule has 5 nitrogen and oxygen atoms in total. The van der Waals surface area contributed by atoms with Gasteiger partial charge in [0.15, 0.2) is 0 Å². The van der Waals surface area contributed by atoms with Crippen LogP contribution < -0.4 is 5.32 Å². The molecule has 0 atom stereocenters. The fraction of sp³-hybridized carbons (Fsp3) is 0.364. The van der Waals surface area contributed by atoms with E-state index >= 15 is 0 Å². The van der Waals surface area contributed by atoms with Crippen LogP contribution in [0.1, 0.15) is 42.7 Å². The van der Waals surface area contributed by atoms with Crippen LogP contribution in [-0.2, 0) is 14.3 Å². The minimum absolute atomic E-state index is 0.0809. The van der Waals surface area contributed by atoms with Crippen molar-refractivity contribution >= 4 is 11.9 Å². The molecule has 2 aromatic rings. The molecule has 0 unspecified atom stereocenters. The van der Waals surface area contributed by atoms with Crippen molar-refractivity contribution in [3.05, 3.63) is 59.7 Å². The number of carboxylic acids is 1. The molecule has 0 amide bonds. The summed E-state index contributed by atoms with van der Waals surface area (Å²) in [7, 11) is 0. The first kappa shape index (κ1) is 19.1. The molecule has 2 N–H and O–H groups in total. The van der Waals surface area contributed by atoms with Crippen LogP contribution in [0.5, 0.6) is 0 Å². The first-order valence-corrected chi connectivity index (χ1v) is 9.43. The van der Waals surface area contributed by atoms with Gasteiger partial charge >= 0.3 is 11.9 Å². The summed E-state index contributed by atoms with van der Waals surface area (Å²) in [6.07, 6.45) is 2.56. The zero-order chi connectivity index (χ0) is 19.1. The smallest absolute Gasteiger partial charge is 0.319 e. The number of hydrogen-bond acceptors (Lipinski definition) is 4. The number of carboxylic acid groups (broad SMARTS) is 1. The Kier molecular flexibility index (Phi) is 6.60. The molecule has 0 saturated heterocycles. The van der Waals surface area contributed by atoms with Crippen LogP contribution in [-0.4, -0.2) is 36.7 Å². The molecule has 0 heterocycles. The molecule has 0 aliphatic heterocycles. The van der Waals surface area contributed by atoms with Crippen LogP contribution in [0, 0.1) is 0 Å². The topological polar surface area (TPSA) is 75.6 Å². The summed E-state index contributed by atoms with van der Waals surface area (Å²) in [6, 6.07) is 16.5. The molecule has 0 fully saturated rings. The Hall–Kier alpha value is -2.66. The average Bonchev–Trinajstić information content (AvgIpc) is 2.99. The van der Waals surface area contributed by atoms with Crippen LogP contribution >= 0.6 is 0 Å². The summed E-state index contributed by atoms with van der Waals surface area (Å²) in [5, 5.41) is 11.6. The van der Waals surface area contributed by atoms with Crippen LogP contribution in [0.4, 0.5) is 0 Å². The van der Waals surface area contributed by atoms with Crippen molar-refractivity contribution in [1.29, 1.82) is 0 Å². The van der Waals surface area contributed by atoms with E-state index in [1.54, 1.807) is 0 Å². The van der Waals surface area contributed by atoms with Crippen molar-refractivity contribution in [3.63, 3.8) is 0 Å². The number of unbranched alkanes of at least 4 members (excludes halogenated alkanes) is 2. The van der Waals surface area contributed by atoms with Gasteiger partial charge in [0.2, 0.25) is 0 Å². The quantitative estimate of drug-likeness (QED) is 0.496. The molecule has 3 rings (SSSR count). The highest BCUT2D eigenvalue weighted by Gasteiger charge is 2.28. The Labute approximate surface area is 159 Å². The van der Waals surface area contributed by atoms with Gasteiger partial charge in [-0.15, -0.1) is 0 Å². The zero-order valence-electron chi connectivity index (χ0n) is 15.3. The number of hydrogen-bond donors (Lipinski definition) is 2. The third-order valence-electron chi connectivity index (χ3n) is 4.89. The van der Waals surface area contributed by atoms with Gasteiger partial charge in [-0.25, -0.2) is 0 Å². The first-order chi connectivity index (χ1) is 13.2. The van der Waals surface area contributed by atoms with Crippen LogP contribution in [0.25, 0.3) is 11.1 Å². The zero-order valence-corrected chi connectivity index (χ0v) is 15.3. The summed E-state index contributed by atoms with van der Waals surface area (Å²) in [5.41, 5.74) is 4.85. The maximum absolute atomic E-state index is 12.0. The Morgan fingerprint density at radius 3 is 2.19 bits per heavy atom. The number of carbonyl (C=O) groups excluding carboxylic acids is 1. The maximum atomic E-state index is 12.0. The third-order valence-corrected chi connectivity index (χ3v) is 4.89. The van der Waals surface area contributed by atoms with Gasteiger partial charge in [0.1, 0.15) is 6.61 Å². The maximum Gasteiger partial charge on any atom is 0.319 e. The molecule has 0 radical (unpaired) electrons. The predicted molar refractivity (Wildman–Crippen MR) is 104 cm³/mol. The van der Waals surface area contributed by atoms with E-state index in [-0.39, 0.29) is 24.9 Å². The van der Waals surface area contributed by atoms with Crippen LogP contribution in [0.15, 0.2) is 48.5 Å². The summed E-state index contributed by atoms with van der Waals surface area (Å²) in [4.78, 5) is 22.5. The van der Waals surface area contributed by atoms with Gasteiger partial charge in [0, 0.05) is 12.3 Å². The number of esters is 1. The van der Waals surface area contributed by atoms with Crippen molar-refractivity contribution in [1.82, 2.24) is 5.32 Å². The highest BCUT2D eigenvalue weighted by Crippen LogP contribution is 2.44. The molecule has 0 spiro atoms. The molecular weight excluding hydrogens is 342 g/mol. The first-order valence-electron chi connectivity index (χ1n) is 9.43. The number of rotatable bonds is 10. The molecule has 0 saturated carbocycles. The van der Waals surface area contributed by atoms with Crippen molar-refractivity contribution in [3.8, 4) is 11.1 Å². The van der Waals surface area contributed by atoms with E-state index in [9.17, 15) is 9.59 Å². The lowest BCUT2D eigenvalue weighted by Gasteiger charge is -2.14. The second-order valence-corrected chi connectivity index (χ2v) is 6.79. The lowest BCUT2D eigenvalue weighted by atomic mass is 9.98. The Morgan fingerprint density at radius 2 is 1.56 bits per heavy atom. The van der Waals surface area contributed by atoms with Gasteiger partial charge < -0.3 is 15.2 Å². The highest BCUT2D eigenvalue weighted by atomic mass is 16.5. The number of fused-ring (bicyclic) bond motifs is 3. The van der Waals surface area contributed by atoms with Gasteiger partial charge in [0.25, 0.3) is 0 Å². The molecule has 0 bridgehead atoms. The van der Waals surface area contributed by atoms with Gasteiger partial charge in [-0.05, 0) is 41.6 Å². The van der Waals surface area contributed by atoms with Crippen LogP contribution in [0.3, 0.4) is 0 Å². The predicted octanol–water partition coefficient (Wildman–Crippen LogP) is 3.58. The highest BCUT2D eigenvalue weighted by molar-refractivity contribution is 5.79. The van der Waals surface area contributed by atoms with E-state index in [1.807, 2.05) is 24.3 Å². The molecule has 27 heavy (non-hydrogen) atoms.